The van der Waals surface area contributed by atoms with Gasteiger partial charge in [0, 0.05) is 31.2 Å². The number of carbonyl (C=O) groups is 1. The Morgan fingerprint density at radius 1 is 1.17 bits per heavy atom. The van der Waals surface area contributed by atoms with E-state index in [1.54, 1.807) is 13.2 Å². The minimum atomic E-state index is -0.227. The summed E-state index contributed by atoms with van der Waals surface area (Å²) in [4.78, 5) is 14.4. The third-order valence-electron chi connectivity index (χ3n) is 3.88. The molecule has 24 heavy (non-hydrogen) atoms. The van der Waals surface area contributed by atoms with Gasteiger partial charge in [-0.05, 0) is 24.3 Å². The van der Waals surface area contributed by atoms with Crippen molar-refractivity contribution in [1.29, 1.82) is 0 Å². The summed E-state index contributed by atoms with van der Waals surface area (Å²) in [5.41, 5.74) is 1.70. The number of likely N-dealkylation sites (N-methyl/N-ethyl adjacent to an activating group) is 1. The summed E-state index contributed by atoms with van der Waals surface area (Å²) in [6.45, 7) is 1.23. The van der Waals surface area contributed by atoms with Crippen LogP contribution in [0.5, 0.6) is 5.75 Å². The van der Waals surface area contributed by atoms with Crippen LogP contribution in [0.25, 0.3) is 11.0 Å². The van der Waals surface area contributed by atoms with E-state index >= 15 is 0 Å². The number of nitrogens with zero attached hydrogens (tertiary/aromatic N) is 1. The lowest BCUT2D eigenvalue weighted by Crippen LogP contribution is -2.32. The van der Waals surface area contributed by atoms with E-state index < -0.39 is 0 Å². The van der Waals surface area contributed by atoms with Gasteiger partial charge in [0.05, 0.1) is 7.11 Å². The largest absolute Gasteiger partial charge is 0.493 e. The second-order valence-electron chi connectivity index (χ2n) is 5.50. The van der Waals surface area contributed by atoms with Crippen molar-refractivity contribution in [3.05, 3.63) is 60.4 Å². The summed E-state index contributed by atoms with van der Waals surface area (Å²) in [5, 5.41) is 3.73. The first kappa shape index (κ1) is 15.9. The average molecular weight is 324 g/mol. The Kier molecular flexibility index (Phi) is 4.70. The quantitative estimate of drug-likeness (QED) is 0.756. The van der Waals surface area contributed by atoms with Gasteiger partial charge in [0.2, 0.25) is 0 Å². The molecule has 5 nitrogen and oxygen atoms in total. The van der Waals surface area contributed by atoms with Crippen molar-refractivity contribution >= 4 is 22.6 Å². The number of hydrogen-bond donors (Lipinski definition) is 1. The molecule has 3 aromatic rings. The molecule has 0 radical (unpaired) electrons. The summed E-state index contributed by atoms with van der Waals surface area (Å²) >= 11 is 0. The number of methoxy groups -OCH3 is 1. The minimum Gasteiger partial charge on any atom is -0.493 e. The molecule has 0 aliphatic rings. The summed E-state index contributed by atoms with van der Waals surface area (Å²) in [5.74, 6) is 0.682. The first-order valence-electron chi connectivity index (χ1n) is 7.80. The van der Waals surface area contributed by atoms with Crippen LogP contribution in [0.2, 0.25) is 0 Å². The van der Waals surface area contributed by atoms with Crippen molar-refractivity contribution in [3.8, 4) is 5.75 Å². The molecule has 1 aromatic heterocycles. The number of furan rings is 1. The number of carbonyl (C=O) groups excluding carboxylic acids is 1. The first-order chi connectivity index (χ1) is 11.7. The smallest absolute Gasteiger partial charge is 0.287 e. The normalized spacial score (nSPS) is 10.6. The highest BCUT2D eigenvalue weighted by atomic mass is 16.5. The van der Waals surface area contributed by atoms with E-state index in [1.807, 2.05) is 55.6 Å². The van der Waals surface area contributed by atoms with E-state index in [4.69, 9.17) is 9.15 Å². The van der Waals surface area contributed by atoms with Crippen LogP contribution in [0.15, 0.2) is 59.0 Å². The molecule has 1 amide bonds. The fourth-order valence-corrected chi connectivity index (χ4v) is 2.54. The molecule has 0 fully saturated rings. The van der Waals surface area contributed by atoms with Crippen molar-refractivity contribution in [1.82, 2.24) is 5.32 Å². The van der Waals surface area contributed by atoms with Crippen LogP contribution in [0.4, 0.5) is 5.69 Å². The maximum Gasteiger partial charge on any atom is 0.287 e. The molecule has 3 rings (SSSR count). The Bertz CT molecular complexity index is 827. The van der Waals surface area contributed by atoms with Crippen LogP contribution < -0.4 is 15.0 Å². The van der Waals surface area contributed by atoms with E-state index in [1.165, 1.54) is 0 Å². The van der Waals surface area contributed by atoms with E-state index in [0.717, 1.165) is 11.1 Å². The fourth-order valence-electron chi connectivity index (χ4n) is 2.54. The SMILES string of the molecule is COc1cccc2cc(C(=O)NCCN(C)c3ccccc3)oc12. The van der Waals surface area contributed by atoms with Crippen molar-refractivity contribution in [3.63, 3.8) is 0 Å². The Labute approximate surface area is 140 Å². The van der Waals surface area contributed by atoms with Crippen molar-refractivity contribution in [2.45, 2.75) is 0 Å². The molecule has 0 aliphatic heterocycles. The van der Waals surface area contributed by atoms with Gasteiger partial charge in [-0.15, -0.1) is 0 Å². The number of amides is 1. The Balaban J connectivity index is 1.61. The Morgan fingerprint density at radius 2 is 1.96 bits per heavy atom. The molecule has 0 saturated carbocycles. The van der Waals surface area contributed by atoms with Crippen LogP contribution in [0.1, 0.15) is 10.6 Å². The number of hydrogen-bond acceptors (Lipinski definition) is 4. The highest BCUT2D eigenvalue weighted by Gasteiger charge is 2.14. The lowest BCUT2D eigenvalue weighted by molar-refractivity contribution is 0.0929. The lowest BCUT2D eigenvalue weighted by atomic mass is 10.2. The van der Waals surface area contributed by atoms with Crippen molar-refractivity contribution < 1.29 is 13.9 Å². The minimum absolute atomic E-state index is 0.227. The number of nitrogens with one attached hydrogen (secondary N) is 1. The lowest BCUT2D eigenvalue weighted by Gasteiger charge is -2.19. The van der Waals surface area contributed by atoms with Crippen molar-refractivity contribution in [2.75, 3.05) is 32.1 Å². The second-order valence-corrected chi connectivity index (χ2v) is 5.50. The first-order valence-corrected chi connectivity index (χ1v) is 7.80. The zero-order valence-electron chi connectivity index (χ0n) is 13.8. The number of benzene rings is 2. The van der Waals surface area contributed by atoms with Gasteiger partial charge in [-0.25, -0.2) is 0 Å². The summed E-state index contributed by atoms with van der Waals surface area (Å²) < 4.78 is 10.9. The molecule has 2 aromatic carbocycles. The number of fused-ring (bicyclic) bond motifs is 1. The Hall–Kier alpha value is -2.95. The molecular formula is C19H20N2O3. The fraction of sp³-hybridized carbons (Fsp3) is 0.211. The number of rotatable bonds is 6. The number of anilines is 1. The van der Waals surface area contributed by atoms with Crippen LogP contribution >= 0.6 is 0 Å². The van der Waals surface area contributed by atoms with Crippen LogP contribution in [-0.2, 0) is 0 Å². The standard InChI is InChI=1S/C19H20N2O3/c1-21(15-8-4-3-5-9-15)12-11-20-19(22)17-13-14-7-6-10-16(23-2)18(14)24-17/h3-10,13H,11-12H2,1-2H3,(H,20,22). The second kappa shape index (κ2) is 7.08. The predicted octanol–water partition coefficient (Wildman–Crippen LogP) is 3.31. The van der Waals surface area contributed by atoms with Gasteiger partial charge in [0.15, 0.2) is 17.1 Å². The molecule has 0 bridgehead atoms. The molecule has 0 atom stereocenters. The average Bonchev–Trinajstić information content (AvgIpc) is 3.06. The third kappa shape index (κ3) is 3.35. The predicted molar refractivity (Wildman–Crippen MR) is 94.8 cm³/mol. The summed E-state index contributed by atoms with van der Waals surface area (Å²) in [7, 11) is 3.57. The van der Waals surface area contributed by atoms with Gasteiger partial charge in [-0.2, -0.15) is 0 Å². The number of ether oxygens (including phenoxy) is 1. The summed E-state index contributed by atoms with van der Waals surface area (Å²) in [6, 6.07) is 17.3. The summed E-state index contributed by atoms with van der Waals surface area (Å²) in [6.07, 6.45) is 0. The van der Waals surface area contributed by atoms with E-state index in [0.29, 0.717) is 24.4 Å². The molecule has 124 valence electrons. The van der Waals surface area contributed by atoms with E-state index in [9.17, 15) is 4.79 Å². The van der Waals surface area contributed by atoms with Gasteiger partial charge in [0.25, 0.3) is 5.91 Å². The highest BCUT2D eigenvalue weighted by Crippen LogP contribution is 2.28. The maximum atomic E-state index is 12.3. The van der Waals surface area contributed by atoms with E-state index in [2.05, 4.69) is 10.2 Å². The monoisotopic (exact) mass is 324 g/mol. The van der Waals surface area contributed by atoms with E-state index in [-0.39, 0.29) is 11.7 Å². The van der Waals surface area contributed by atoms with Gasteiger partial charge >= 0.3 is 0 Å². The van der Waals surface area contributed by atoms with Crippen LogP contribution in [0, 0.1) is 0 Å². The van der Waals surface area contributed by atoms with Gasteiger partial charge in [-0.1, -0.05) is 30.3 Å². The molecule has 0 spiro atoms. The highest BCUT2D eigenvalue weighted by molar-refractivity contribution is 5.97. The molecular weight excluding hydrogens is 304 g/mol. The molecule has 0 unspecified atom stereocenters. The van der Waals surface area contributed by atoms with Crippen LogP contribution in [0.3, 0.4) is 0 Å². The third-order valence-corrected chi connectivity index (χ3v) is 3.88. The molecule has 1 heterocycles. The molecule has 1 N–H and O–H groups in total. The zero-order chi connectivity index (χ0) is 16.9. The molecule has 0 aliphatic carbocycles. The molecule has 5 heteroatoms. The van der Waals surface area contributed by atoms with Crippen LogP contribution in [-0.4, -0.2) is 33.2 Å². The Morgan fingerprint density at radius 3 is 2.71 bits per heavy atom. The van der Waals surface area contributed by atoms with Gasteiger partial charge in [-0.3, -0.25) is 4.79 Å². The number of para-hydroxylation sites is 2. The van der Waals surface area contributed by atoms with Gasteiger partial charge in [0.1, 0.15) is 0 Å². The topological polar surface area (TPSA) is 54.7 Å². The molecule has 0 saturated heterocycles. The maximum absolute atomic E-state index is 12.3. The van der Waals surface area contributed by atoms with Gasteiger partial charge < -0.3 is 19.4 Å². The van der Waals surface area contributed by atoms with Crippen molar-refractivity contribution in [2.24, 2.45) is 0 Å². The zero-order valence-corrected chi connectivity index (χ0v) is 13.8.